The monoisotopic (exact) mass is 173 g/mol. The highest BCUT2D eigenvalue weighted by Gasteiger charge is 2.29. The largest absolute Gasteiger partial charge is 0.324 e. The van der Waals surface area contributed by atoms with Gasteiger partial charge >= 0.3 is 0 Å². The molecule has 0 spiro atoms. The molecule has 3 heteroatoms. The van der Waals surface area contributed by atoms with Gasteiger partial charge in [-0.1, -0.05) is 0 Å². The molecule has 1 heterocycles. The molecule has 13 heavy (non-hydrogen) atoms. The van der Waals surface area contributed by atoms with Gasteiger partial charge in [0, 0.05) is 18.4 Å². The molecule has 1 atom stereocenters. The molecule has 1 aromatic heterocycles. The summed E-state index contributed by atoms with van der Waals surface area (Å²) in [5.74, 6) is 0.607. The molecule has 2 rings (SSSR count). The minimum Gasteiger partial charge on any atom is -0.324 e. The van der Waals surface area contributed by atoms with Crippen molar-refractivity contribution in [1.29, 1.82) is 5.26 Å². The summed E-state index contributed by atoms with van der Waals surface area (Å²) in [6.45, 7) is 0. The van der Waals surface area contributed by atoms with Crippen LogP contribution in [0.1, 0.15) is 30.0 Å². The Bertz CT molecular complexity index is 349. The summed E-state index contributed by atoms with van der Waals surface area (Å²) in [7, 11) is 0. The molecule has 66 valence electrons. The van der Waals surface area contributed by atoms with Gasteiger partial charge in [0.05, 0.1) is 5.56 Å². The molecule has 3 nitrogen and oxygen atoms in total. The Balaban J connectivity index is 2.24. The fourth-order valence-corrected chi connectivity index (χ4v) is 1.43. The zero-order chi connectivity index (χ0) is 9.26. The third kappa shape index (κ3) is 1.68. The average Bonchev–Trinajstić information content (AvgIpc) is 3.00. The Labute approximate surface area is 77.2 Å². The van der Waals surface area contributed by atoms with E-state index in [1.165, 1.54) is 12.8 Å². The van der Waals surface area contributed by atoms with Crippen molar-refractivity contribution in [2.75, 3.05) is 0 Å². The molecule has 1 unspecified atom stereocenters. The number of rotatable bonds is 2. The van der Waals surface area contributed by atoms with Crippen molar-refractivity contribution >= 4 is 0 Å². The number of hydrogen-bond donors (Lipinski definition) is 1. The van der Waals surface area contributed by atoms with Crippen LogP contribution in [0.25, 0.3) is 0 Å². The van der Waals surface area contributed by atoms with Crippen LogP contribution in [0.5, 0.6) is 0 Å². The predicted octanol–water partition coefficient (Wildman–Crippen LogP) is 1.36. The standard InChI is InChI=1S/C10H11N3/c11-4-7-3-9(6-13-5-7)10(12)8-1-2-8/h3,5-6,8,10H,1-2,12H2. The van der Waals surface area contributed by atoms with Crippen molar-refractivity contribution in [2.24, 2.45) is 11.7 Å². The van der Waals surface area contributed by atoms with Crippen molar-refractivity contribution in [3.8, 4) is 6.07 Å². The van der Waals surface area contributed by atoms with Gasteiger partial charge in [-0.15, -0.1) is 0 Å². The Kier molecular flexibility index (Phi) is 1.99. The minimum atomic E-state index is 0.0702. The first kappa shape index (κ1) is 8.21. The Morgan fingerprint density at radius 3 is 2.92 bits per heavy atom. The van der Waals surface area contributed by atoms with Crippen LogP contribution in [0.15, 0.2) is 18.5 Å². The summed E-state index contributed by atoms with van der Waals surface area (Å²) < 4.78 is 0. The van der Waals surface area contributed by atoms with Crippen LogP contribution in [0.4, 0.5) is 0 Å². The summed E-state index contributed by atoms with van der Waals surface area (Å²) in [6, 6.07) is 3.96. The quantitative estimate of drug-likeness (QED) is 0.734. The third-order valence-corrected chi connectivity index (χ3v) is 2.40. The first-order valence-electron chi connectivity index (χ1n) is 4.42. The maximum absolute atomic E-state index is 8.67. The van der Waals surface area contributed by atoms with E-state index >= 15 is 0 Å². The highest BCUT2D eigenvalue weighted by Crippen LogP contribution is 2.39. The minimum absolute atomic E-state index is 0.0702. The Morgan fingerprint density at radius 2 is 2.31 bits per heavy atom. The molecule has 1 aromatic rings. The van der Waals surface area contributed by atoms with Crippen LogP contribution < -0.4 is 5.73 Å². The highest BCUT2D eigenvalue weighted by molar-refractivity contribution is 5.31. The van der Waals surface area contributed by atoms with E-state index in [4.69, 9.17) is 11.0 Å². The van der Waals surface area contributed by atoms with E-state index in [0.717, 1.165) is 5.56 Å². The van der Waals surface area contributed by atoms with Crippen LogP contribution >= 0.6 is 0 Å². The molecule has 0 bridgehead atoms. The van der Waals surface area contributed by atoms with Crippen molar-refractivity contribution in [2.45, 2.75) is 18.9 Å². The second kappa shape index (κ2) is 3.15. The van der Waals surface area contributed by atoms with E-state index in [1.54, 1.807) is 12.4 Å². The average molecular weight is 173 g/mol. The fourth-order valence-electron chi connectivity index (χ4n) is 1.43. The Morgan fingerprint density at radius 1 is 1.54 bits per heavy atom. The van der Waals surface area contributed by atoms with Crippen LogP contribution in [-0.2, 0) is 0 Å². The van der Waals surface area contributed by atoms with Gasteiger partial charge in [0.25, 0.3) is 0 Å². The van der Waals surface area contributed by atoms with Gasteiger partial charge < -0.3 is 5.73 Å². The number of aromatic nitrogens is 1. The van der Waals surface area contributed by atoms with Crippen LogP contribution in [0.2, 0.25) is 0 Å². The van der Waals surface area contributed by atoms with Crippen molar-refractivity contribution in [3.63, 3.8) is 0 Å². The van der Waals surface area contributed by atoms with Gasteiger partial charge in [-0.3, -0.25) is 4.98 Å². The molecule has 0 aliphatic heterocycles. The second-order valence-electron chi connectivity index (χ2n) is 3.48. The van der Waals surface area contributed by atoms with Crippen molar-refractivity contribution < 1.29 is 0 Å². The number of nitrogens with zero attached hydrogens (tertiary/aromatic N) is 2. The van der Waals surface area contributed by atoms with Crippen LogP contribution in [0, 0.1) is 17.2 Å². The molecule has 1 aliphatic carbocycles. The first-order valence-corrected chi connectivity index (χ1v) is 4.42. The molecule has 1 fully saturated rings. The molecule has 0 amide bonds. The van der Waals surface area contributed by atoms with Gasteiger partial charge in [0.15, 0.2) is 0 Å². The maximum Gasteiger partial charge on any atom is 0.101 e. The van der Waals surface area contributed by atoms with E-state index in [-0.39, 0.29) is 6.04 Å². The molecule has 1 aliphatic rings. The number of nitrogens with two attached hydrogens (primary N) is 1. The molecular weight excluding hydrogens is 162 g/mol. The van der Waals surface area contributed by atoms with Crippen molar-refractivity contribution in [3.05, 3.63) is 29.6 Å². The fraction of sp³-hybridized carbons (Fsp3) is 0.400. The lowest BCUT2D eigenvalue weighted by Gasteiger charge is -2.09. The molecule has 0 aromatic carbocycles. The van der Waals surface area contributed by atoms with Gasteiger partial charge in [-0.2, -0.15) is 5.26 Å². The molecular formula is C10H11N3. The van der Waals surface area contributed by atoms with E-state index in [1.807, 2.05) is 6.07 Å². The lowest BCUT2D eigenvalue weighted by molar-refractivity contribution is 0.630. The lowest BCUT2D eigenvalue weighted by Crippen LogP contribution is -2.12. The van der Waals surface area contributed by atoms with E-state index in [9.17, 15) is 0 Å². The predicted molar refractivity (Wildman–Crippen MR) is 48.6 cm³/mol. The summed E-state index contributed by atoms with van der Waals surface area (Å²) in [4.78, 5) is 3.98. The smallest absolute Gasteiger partial charge is 0.101 e. The summed E-state index contributed by atoms with van der Waals surface area (Å²) in [5.41, 5.74) is 7.55. The van der Waals surface area contributed by atoms with E-state index < -0.39 is 0 Å². The van der Waals surface area contributed by atoms with E-state index in [0.29, 0.717) is 11.5 Å². The van der Waals surface area contributed by atoms with E-state index in [2.05, 4.69) is 11.1 Å². The van der Waals surface area contributed by atoms with Crippen LogP contribution in [0.3, 0.4) is 0 Å². The van der Waals surface area contributed by atoms with Gasteiger partial charge in [-0.05, 0) is 30.4 Å². The summed E-state index contributed by atoms with van der Waals surface area (Å²) >= 11 is 0. The number of pyridine rings is 1. The first-order chi connectivity index (χ1) is 6.31. The normalized spacial score (nSPS) is 17.8. The highest BCUT2D eigenvalue weighted by atomic mass is 14.7. The zero-order valence-electron chi connectivity index (χ0n) is 7.27. The second-order valence-corrected chi connectivity index (χ2v) is 3.48. The molecule has 2 N–H and O–H groups in total. The topological polar surface area (TPSA) is 62.7 Å². The lowest BCUT2D eigenvalue weighted by atomic mass is 10.0. The zero-order valence-corrected chi connectivity index (χ0v) is 7.27. The molecule has 0 saturated heterocycles. The maximum atomic E-state index is 8.67. The van der Waals surface area contributed by atoms with Gasteiger partial charge in [0.2, 0.25) is 0 Å². The summed E-state index contributed by atoms with van der Waals surface area (Å²) in [6.07, 6.45) is 5.73. The van der Waals surface area contributed by atoms with Gasteiger partial charge in [-0.25, -0.2) is 0 Å². The summed E-state index contributed by atoms with van der Waals surface area (Å²) in [5, 5.41) is 8.67. The Hall–Kier alpha value is -1.40. The number of nitriles is 1. The van der Waals surface area contributed by atoms with Gasteiger partial charge in [0.1, 0.15) is 6.07 Å². The third-order valence-electron chi connectivity index (χ3n) is 2.40. The molecule has 0 radical (unpaired) electrons. The van der Waals surface area contributed by atoms with Crippen LogP contribution in [-0.4, -0.2) is 4.98 Å². The number of hydrogen-bond acceptors (Lipinski definition) is 3. The van der Waals surface area contributed by atoms with Crippen molar-refractivity contribution in [1.82, 2.24) is 4.98 Å². The SMILES string of the molecule is N#Cc1cncc(C(N)C2CC2)c1. The molecule has 1 saturated carbocycles.